The number of anilines is 1. The average Bonchev–Trinajstić information content (AvgIpc) is 2.99. The van der Waals surface area contributed by atoms with E-state index in [9.17, 15) is 13.6 Å². The summed E-state index contributed by atoms with van der Waals surface area (Å²) >= 11 is 6.25. The van der Waals surface area contributed by atoms with Crippen molar-refractivity contribution in [3.05, 3.63) is 34.6 Å². The first-order valence-electron chi connectivity index (χ1n) is 7.75. The van der Waals surface area contributed by atoms with Crippen LogP contribution >= 0.6 is 11.6 Å². The van der Waals surface area contributed by atoms with Gasteiger partial charge in [0.25, 0.3) is 5.91 Å². The molecule has 134 valence electrons. The Hall–Kier alpha value is -2.35. The molecule has 2 heterocycles. The first-order valence-corrected chi connectivity index (χ1v) is 8.12. The van der Waals surface area contributed by atoms with Crippen LogP contribution in [0.4, 0.5) is 14.5 Å². The highest BCUT2D eigenvalue weighted by Gasteiger charge is 2.43. The van der Waals surface area contributed by atoms with Crippen LogP contribution in [0.3, 0.4) is 0 Å². The van der Waals surface area contributed by atoms with Crippen LogP contribution in [0.15, 0.2) is 18.2 Å². The predicted octanol–water partition coefficient (Wildman–Crippen LogP) is 4.22. The van der Waals surface area contributed by atoms with Gasteiger partial charge in [0, 0.05) is 18.3 Å². The molecule has 0 unspecified atom stereocenters. The zero-order valence-corrected chi connectivity index (χ0v) is 14.4. The first-order chi connectivity index (χ1) is 11.8. The fraction of sp³-hybridized carbons (Fsp3) is 0.375. The van der Waals surface area contributed by atoms with Crippen LogP contribution in [-0.4, -0.2) is 22.0 Å². The number of alkyl halides is 2. The van der Waals surface area contributed by atoms with Crippen molar-refractivity contribution in [2.75, 3.05) is 5.32 Å². The van der Waals surface area contributed by atoms with Crippen LogP contribution in [0.5, 0.6) is 11.5 Å². The van der Waals surface area contributed by atoms with Crippen LogP contribution in [0.25, 0.3) is 0 Å². The third kappa shape index (κ3) is 3.53. The van der Waals surface area contributed by atoms with E-state index in [-0.39, 0.29) is 27.9 Å². The molecule has 0 spiro atoms. The highest BCUT2D eigenvalue weighted by molar-refractivity contribution is 6.33. The Morgan fingerprint density at radius 2 is 2.08 bits per heavy atom. The number of benzene rings is 1. The van der Waals surface area contributed by atoms with Gasteiger partial charge >= 0.3 is 6.29 Å². The summed E-state index contributed by atoms with van der Waals surface area (Å²) in [6.45, 7) is 4.34. The number of amides is 1. The summed E-state index contributed by atoms with van der Waals surface area (Å²) in [5.41, 5.74) is 1.02. The highest BCUT2D eigenvalue weighted by atomic mass is 35.5. The van der Waals surface area contributed by atoms with Crippen molar-refractivity contribution in [1.82, 2.24) is 9.78 Å². The van der Waals surface area contributed by atoms with Crippen molar-refractivity contribution >= 4 is 23.2 Å². The maximum Gasteiger partial charge on any atom is 0.586 e. The van der Waals surface area contributed by atoms with Gasteiger partial charge in [-0.25, -0.2) is 0 Å². The molecule has 0 radical (unpaired) electrons. The summed E-state index contributed by atoms with van der Waals surface area (Å²) in [6.07, 6.45) is -1.85. The molecule has 1 N–H and O–H groups in total. The number of hydrogen-bond acceptors (Lipinski definition) is 4. The minimum atomic E-state index is -3.70. The molecule has 25 heavy (non-hydrogen) atoms. The molecule has 1 aliphatic rings. The number of hydrogen-bond donors (Lipinski definition) is 1. The number of carbonyl (C=O) groups excluding carboxylic acids is 1. The van der Waals surface area contributed by atoms with Crippen molar-refractivity contribution in [2.24, 2.45) is 0 Å². The number of nitrogens with one attached hydrogen (secondary N) is 1. The lowest BCUT2D eigenvalue weighted by atomic mass is 10.2. The second-order valence-electron chi connectivity index (χ2n) is 5.61. The van der Waals surface area contributed by atoms with Gasteiger partial charge < -0.3 is 14.8 Å². The summed E-state index contributed by atoms with van der Waals surface area (Å²) in [6, 6.07) is 4.00. The second-order valence-corrected chi connectivity index (χ2v) is 5.97. The number of unbranched alkanes of at least 4 members (excludes halogenated alkanes) is 1. The number of carbonyl (C=O) groups is 1. The summed E-state index contributed by atoms with van der Waals surface area (Å²) in [4.78, 5) is 12.5. The van der Waals surface area contributed by atoms with Crippen molar-refractivity contribution in [3.8, 4) is 11.5 Å². The highest BCUT2D eigenvalue weighted by Crippen LogP contribution is 2.42. The number of aryl methyl sites for hydroxylation is 2. The van der Waals surface area contributed by atoms with E-state index in [1.165, 1.54) is 18.2 Å². The smallest absolute Gasteiger partial charge is 0.395 e. The Labute approximate surface area is 147 Å². The van der Waals surface area contributed by atoms with E-state index in [0.717, 1.165) is 12.8 Å². The standard InChI is InChI=1S/C16H16ClF2N3O3/c1-3-4-7-22-14(17)13(9(2)21-22)15(23)20-10-5-6-11-12(8-10)25-16(18,19)24-11/h5-6,8H,3-4,7H2,1-2H3,(H,20,23). The van der Waals surface area contributed by atoms with Gasteiger partial charge in [0.1, 0.15) is 5.15 Å². The number of aromatic nitrogens is 2. The third-order valence-corrected chi connectivity index (χ3v) is 4.06. The fourth-order valence-corrected chi connectivity index (χ4v) is 2.83. The number of rotatable bonds is 5. The first kappa shape index (κ1) is 17.5. The molecule has 0 bridgehead atoms. The number of ether oxygens (including phenoxy) is 2. The molecular weight excluding hydrogens is 356 g/mol. The molecule has 0 saturated carbocycles. The SMILES string of the molecule is CCCCn1nc(C)c(C(=O)Nc2ccc3c(c2)OC(F)(F)O3)c1Cl. The minimum Gasteiger partial charge on any atom is -0.395 e. The molecule has 9 heteroatoms. The lowest BCUT2D eigenvalue weighted by molar-refractivity contribution is -0.286. The molecule has 3 rings (SSSR count). The molecule has 1 amide bonds. The maximum absolute atomic E-state index is 13.0. The van der Waals surface area contributed by atoms with Gasteiger partial charge in [0.2, 0.25) is 0 Å². The molecule has 1 aliphatic heterocycles. The Morgan fingerprint density at radius 1 is 1.36 bits per heavy atom. The van der Waals surface area contributed by atoms with Crippen molar-refractivity contribution in [3.63, 3.8) is 0 Å². The Morgan fingerprint density at radius 3 is 2.80 bits per heavy atom. The van der Waals surface area contributed by atoms with Gasteiger partial charge in [0.05, 0.1) is 11.3 Å². The summed E-state index contributed by atoms with van der Waals surface area (Å²) in [5.74, 6) is -0.718. The van der Waals surface area contributed by atoms with Crippen LogP contribution < -0.4 is 14.8 Å². The molecule has 0 atom stereocenters. The lowest BCUT2D eigenvalue weighted by Crippen LogP contribution is -2.25. The molecule has 0 saturated heterocycles. The Balaban J connectivity index is 1.79. The van der Waals surface area contributed by atoms with Crippen molar-refractivity contribution in [1.29, 1.82) is 0 Å². The second kappa shape index (κ2) is 6.51. The Kier molecular flexibility index (Phi) is 4.55. The van der Waals surface area contributed by atoms with Gasteiger partial charge in [-0.1, -0.05) is 24.9 Å². The molecule has 0 fully saturated rings. The Bertz CT molecular complexity index is 823. The van der Waals surface area contributed by atoms with Gasteiger partial charge in [-0.05, 0) is 25.5 Å². The monoisotopic (exact) mass is 371 g/mol. The van der Waals surface area contributed by atoms with E-state index >= 15 is 0 Å². The van der Waals surface area contributed by atoms with E-state index in [1.54, 1.807) is 11.6 Å². The predicted molar refractivity (Wildman–Crippen MR) is 87.5 cm³/mol. The molecular formula is C16H16ClF2N3O3. The van der Waals surface area contributed by atoms with E-state index in [1.807, 2.05) is 6.92 Å². The number of nitrogens with zero attached hydrogens (tertiary/aromatic N) is 2. The zero-order chi connectivity index (χ0) is 18.2. The molecule has 1 aromatic carbocycles. The van der Waals surface area contributed by atoms with E-state index in [0.29, 0.717) is 12.2 Å². The van der Waals surface area contributed by atoms with E-state index in [4.69, 9.17) is 11.6 Å². The van der Waals surface area contributed by atoms with Crippen LogP contribution in [0, 0.1) is 6.92 Å². The van der Waals surface area contributed by atoms with Gasteiger partial charge in [0.15, 0.2) is 11.5 Å². The minimum absolute atomic E-state index is 0.0930. The van der Waals surface area contributed by atoms with Gasteiger partial charge in [-0.15, -0.1) is 8.78 Å². The normalized spacial score (nSPS) is 14.6. The maximum atomic E-state index is 13.0. The van der Waals surface area contributed by atoms with Crippen molar-refractivity contribution < 1.29 is 23.0 Å². The molecule has 1 aromatic heterocycles. The number of fused-ring (bicyclic) bond motifs is 1. The average molecular weight is 372 g/mol. The molecule has 2 aromatic rings. The zero-order valence-electron chi connectivity index (χ0n) is 13.6. The van der Waals surface area contributed by atoms with E-state index in [2.05, 4.69) is 19.9 Å². The summed E-state index contributed by atoms with van der Waals surface area (Å²) in [7, 11) is 0. The molecule has 6 nitrogen and oxygen atoms in total. The van der Waals surface area contributed by atoms with Crippen LogP contribution in [0.1, 0.15) is 35.8 Å². The largest absolute Gasteiger partial charge is 0.586 e. The number of halogens is 3. The molecule has 0 aliphatic carbocycles. The topological polar surface area (TPSA) is 65.4 Å². The van der Waals surface area contributed by atoms with E-state index < -0.39 is 12.2 Å². The van der Waals surface area contributed by atoms with Crippen molar-refractivity contribution in [2.45, 2.75) is 39.5 Å². The van der Waals surface area contributed by atoms with Crippen LogP contribution in [0.2, 0.25) is 5.15 Å². The summed E-state index contributed by atoms with van der Waals surface area (Å²) in [5, 5.41) is 7.12. The van der Waals surface area contributed by atoms with Gasteiger partial charge in [-0.2, -0.15) is 5.10 Å². The quantitative estimate of drug-likeness (QED) is 0.854. The lowest BCUT2D eigenvalue weighted by Gasteiger charge is -2.06. The fourth-order valence-electron chi connectivity index (χ4n) is 2.49. The third-order valence-electron chi connectivity index (χ3n) is 3.68. The van der Waals surface area contributed by atoms with Crippen LogP contribution in [-0.2, 0) is 6.54 Å². The van der Waals surface area contributed by atoms with Gasteiger partial charge in [-0.3, -0.25) is 9.48 Å². The summed E-state index contributed by atoms with van der Waals surface area (Å²) < 4.78 is 36.4.